The second-order valence-electron chi connectivity index (χ2n) is 11.8. The fraction of sp³-hybridized carbons (Fsp3) is 0.438. The van der Waals surface area contributed by atoms with Gasteiger partial charge in [-0.25, -0.2) is 0 Å². The van der Waals surface area contributed by atoms with Crippen LogP contribution in [0.15, 0.2) is 40.8 Å². The number of nitrogens with one attached hydrogen (secondary N) is 1. The lowest BCUT2D eigenvalue weighted by molar-refractivity contribution is -0.130. The molecule has 5 rings (SSSR count). The van der Waals surface area contributed by atoms with Gasteiger partial charge in [0.2, 0.25) is 29.5 Å². The summed E-state index contributed by atoms with van der Waals surface area (Å²) in [6.45, 7) is 6.57. The number of amides is 3. The van der Waals surface area contributed by atoms with Crippen molar-refractivity contribution >= 4 is 17.7 Å². The number of aromatic nitrogens is 2. The zero-order valence-electron chi connectivity index (χ0n) is 24.7. The molecule has 43 heavy (non-hydrogen) atoms. The fourth-order valence-corrected chi connectivity index (χ4v) is 6.43. The quantitative estimate of drug-likeness (QED) is 0.344. The lowest BCUT2D eigenvalue weighted by Crippen LogP contribution is -2.45. The van der Waals surface area contributed by atoms with Crippen LogP contribution in [0.25, 0.3) is 0 Å². The Kier molecular flexibility index (Phi) is 8.33. The Morgan fingerprint density at radius 3 is 2.16 bits per heavy atom. The van der Waals surface area contributed by atoms with Crippen LogP contribution in [0, 0.1) is 11.3 Å². The second-order valence-corrected chi connectivity index (χ2v) is 11.8. The first-order valence-corrected chi connectivity index (χ1v) is 14.7. The van der Waals surface area contributed by atoms with Gasteiger partial charge < -0.3 is 26.1 Å². The molecule has 0 radical (unpaired) electrons. The van der Waals surface area contributed by atoms with Gasteiger partial charge in [-0.15, -0.1) is 10.2 Å². The molecule has 2 aliphatic rings. The van der Waals surface area contributed by atoms with Crippen LogP contribution in [0.3, 0.4) is 0 Å². The first kappa shape index (κ1) is 29.9. The van der Waals surface area contributed by atoms with Gasteiger partial charge in [-0.2, -0.15) is 5.26 Å². The number of nitrogens with zero attached hydrogens (tertiary/aromatic N) is 4. The minimum Gasteiger partial charge on any atom is -0.424 e. The predicted molar refractivity (Wildman–Crippen MR) is 158 cm³/mol. The molecule has 11 heteroatoms. The largest absolute Gasteiger partial charge is 0.424 e. The minimum atomic E-state index is -0.994. The van der Waals surface area contributed by atoms with Gasteiger partial charge in [0, 0.05) is 29.6 Å². The summed E-state index contributed by atoms with van der Waals surface area (Å²) in [7, 11) is 0. The Labute approximate surface area is 250 Å². The molecule has 1 fully saturated rings. The molecule has 1 saturated heterocycles. The maximum absolute atomic E-state index is 13.1. The van der Waals surface area contributed by atoms with E-state index in [1.165, 1.54) is 0 Å². The molecule has 224 valence electrons. The number of fused-ring (bicyclic) bond motifs is 2. The smallest absolute Gasteiger partial charge is 0.248 e. The summed E-state index contributed by atoms with van der Waals surface area (Å²) in [5.41, 5.74) is 14.7. The van der Waals surface area contributed by atoms with Crippen molar-refractivity contribution in [1.29, 1.82) is 5.26 Å². The third-order valence-corrected chi connectivity index (χ3v) is 8.60. The van der Waals surface area contributed by atoms with E-state index in [9.17, 15) is 19.6 Å². The molecule has 1 aliphatic heterocycles. The standard InChI is InChI=1S/C32H37N7O4/c1-18(2)30-37-38-31(43-30)32(15-19(3)36-17-27(40)39-12-4-5-24(39)16-33)25-10-8-22(28(34)41)13-20(25)6-7-21-14-23(29(35)42)9-11-26(21)32/h8-11,13-14,18-19,24,36H,4-7,12,15,17H2,1-3H3,(H2,34,41)(H2,35,42)/t19-,24-/m0/s1. The van der Waals surface area contributed by atoms with Gasteiger partial charge in [0.1, 0.15) is 11.5 Å². The highest BCUT2D eigenvalue weighted by Gasteiger charge is 2.47. The van der Waals surface area contributed by atoms with Crippen LogP contribution >= 0.6 is 0 Å². The van der Waals surface area contributed by atoms with E-state index >= 15 is 0 Å². The molecular formula is C32H37N7O4. The third kappa shape index (κ3) is 5.62. The highest BCUT2D eigenvalue weighted by molar-refractivity contribution is 5.94. The number of nitriles is 1. The molecule has 11 nitrogen and oxygen atoms in total. The van der Waals surface area contributed by atoms with E-state index in [0.717, 1.165) is 28.7 Å². The van der Waals surface area contributed by atoms with Gasteiger partial charge >= 0.3 is 0 Å². The first-order valence-electron chi connectivity index (χ1n) is 14.7. The normalized spacial score (nSPS) is 17.9. The molecule has 2 atom stereocenters. The van der Waals surface area contributed by atoms with E-state index in [-0.39, 0.29) is 24.4 Å². The number of hydrogen-bond acceptors (Lipinski definition) is 8. The molecule has 2 heterocycles. The van der Waals surface area contributed by atoms with E-state index in [1.807, 2.05) is 45.0 Å². The number of benzene rings is 2. The van der Waals surface area contributed by atoms with Crippen molar-refractivity contribution in [2.75, 3.05) is 13.1 Å². The summed E-state index contributed by atoms with van der Waals surface area (Å²) in [6.07, 6.45) is 3.05. The Bertz CT molecular complexity index is 1540. The molecule has 1 aromatic heterocycles. The summed E-state index contributed by atoms with van der Waals surface area (Å²) < 4.78 is 6.40. The minimum absolute atomic E-state index is 0.0146. The van der Waals surface area contributed by atoms with E-state index in [0.29, 0.717) is 55.1 Å². The molecule has 5 N–H and O–H groups in total. The van der Waals surface area contributed by atoms with Gasteiger partial charge in [0.15, 0.2) is 0 Å². The van der Waals surface area contributed by atoms with Crippen molar-refractivity contribution in [2.24, 2.45) is 11.5 Å². The molecule has 1 aliphatic carbocycles. The number of nitrogens with two attached hydrogens (primary N) is 2. The van der Waals surface area contributed by atoms with Gasteiger partial charge in [-0.1, -0.05) is 26.0 Å². The van der Waals surface area contributed by atoms with Crippen LogP contribution in [0.5, 0.6) is 0 Å². The second kappa shape index (κ2) is 12.0. The zero-order chi connectivity index (χ0) is 30.9. The SMILES string of the molecule is CC(C)c1nnc(C2(C[C@H](C)NCC(=O)N3CCC[C@H]3C#N)c3ccc(C(N)=O)cc3CCc3cc(C(N)=O)ccc32)o1. The monoisotopic (exact) mass is 583 g/mol. The highest BCUT2D eigenvalue weighted by atomic mass is 16.4. The van der Waals surface area contributed by atoms with Gasteiger partial charge in [0.05, 0.1) is 12.6 Å². The summed E-state index contributed by atoms with van der Waals surface area (Å²) in [5.74, 6) is -0.336. The maximum atomic E-state index is 13.1. The number of carbonyl (C=O) groups is 3. The number of primary amides is 2. The van der Waals surface area contributed by atoms with Crippen molar-refractivity contribution in [3.8, 4) is 6.07 Å². The average Bonchev–Trinajstić information content (AvgIpc) is 3.66. The Balaban J connectivity index is 1.64. The molecule has 0 bridgehead atoms. The summed E-state index contributed by atoms with van der Waals surface area (Å²) in [4.78, 5) is 39.0. The number of rotatable bonds is 9. The Morgan fingerprint density at radius 2 is 1.65 bits per heavy atom. The van der Waals surface area contributed by atoms with Gasteiger partial charge in [0.25, 0.3) is 0 Å². The van der Waals surface area contributed by atoms with E-state index in [1.54, 1.807) is 17.0 Å². The molecule has 3 aromatic rings. The molecule has 3 amide bonds. The van der Waals surface area contributed by atoms with Crippen molar-refractivity contribution in [3.63, 3.8) is 0 Å². The summed E-state index contributed by atoms with van der Waals surface area (Å²) in [5, 5.41) is 21.8. The van der Waals surface area contributed by atoms with Crippen LogP contribution in [0.1, 0.15) is 101 Å². The van der Waals surface area contributed by atoms with Crippen LogP contribution in [-0.4, -0.2) is 58.0 Å². The van der Waals surface area contributed by atoms with Crippen molar-refractivity contribution in [3.05, 3.63) is 81.6 Å². The maximum Gasteiger partial charge on any atom is 0.248 e. The van der Waals surface area contributed by atoms with E-state index in [2.05, 4.69) is 21.6 Å². The Morgan fingerprint density at radius 1 is 1.05 bits per heavy atom. The third-order valence-electron chi connectivity index (χ3n) is 8.60. The highest BCUT2D eigenvalue weighted by Crippen LogP contribution is 2.48. The zero-order valence-corrected chi connectivity index (χ0v) is 24.7. The van der Waals surface area contributed by atoms with Crippen LogP contribution in [-0.2, 0) is 23.1 Å². The van der Waals surface area contributed by atoms with E-state index < -0.39 is 23.3 Å². The number of carbonyl (C=O) groups excluding carboxylic acids is 3. The fourth-order valence-electron chi connectivity index (χ4n) is 6.43. The lowest BCUT2D eigenvalue weighted by Gasteiger charge is -2.36. The van der Waals surface area contributed by atoms with Crippen molar-refractivity contribution < 1.29 is 18.8 Å². The van der Waals surface area contributed by atoms with E-state index in [4.69, 9.17) is 15.9 Å². The van der Waals surface area contributed by atoms with Crippen molar-refractivity contribution in [1.82, 2.24) is 20.4 Å². The number of likely N-dealkylation sites (tertiary alicyclic amines) is 1. The molecule has 0 saturated carbocycles. The van der Waals surface area contributed by atoms with Crippen LogP contribution in [0.2, 0.25) is 0 Å². The van der Waals surface area contributed by atoms with Crippen molar-refractivity contribution in [2.45, 2.75) is 76.3 Å². The van der Waals surface area contributed by atoms with Crippen LogP contribution < -0.4 is 16.8 Å². The topological polar surface area (TPSA) is 181 Å². The van der Waals surface area contributed by atoms with Gasteiger partial charge in [-0.3, -0.25) is 14.4 Å². The van der Waals surface area contributed by atoms with Crippen LogP contribution in [0.4, 0.5) is 0 Å². The lowest BCUT2D eigenvalue weighted by atomic mass is 9.68. The number of hydrogen-bond donors (Lipinski definition) is 3. The summed E-state index contributed by atoms with van der Waals surface area (Å²) in [6, 6.07) is 12.4. The summed E-state index contributed by atoms with van der Waals surface area (Å²) >= 11 is 0. The average molecular weight is 584 g/mol. The number of aryl methyl sites for hydroxylation is 2. The molecular weight excluding hydrogens is 546 g/mol. The van der Waals surface area contributed by atoms with Gasteiger partial charge in [-0.05, 0) is 85.5 Å². The molecule has 0 unspecified atom stereocenters. The first-order chi connectivity index (χ1) is 20.5. The predicted octanol–water partition coefficient (Wildman–Crippen LogP) is 2.71. The Hall–Kier alpha value is -4.56. The molecule has 2 aromatic carbocycles. The molecule has 0 spiro atoms.